The van der Waals surface area contributed by atoms with E-state index in [1.807, 2.05) is 24.4 Å². The zero-order valence-corrected chi connectivity index (χ0v) is 17.2. The number of hydrogen-bond acceptors (Lipinski definition) is 7. The molecule has 0 radical (unpaired) electrons. The van der Waals surface area contributed by atoms with Crippen molar-refractivity contribution in [2.45, 2.75) is 39.5 Å². The van der Waals surface area contributed by atoms with Crippen molar-refractivity contribution < 1.29 is 23.5 Å². The summed E-state index contributed by atoms with van der Waals surface area (Å²) < 4.78 is 16.0. The predicted molar refractivity (Wildman–Crippen MR) is 110 cm³/mol. The molecule has 0 spiro atoms. The van der Waals surface area contributed by atoms with Gasteiger partial charge in [0.1, 0.15) is 11.3 Å². The van der Waals surface area contributed by atoms with E-state index in [1.165, 1.54) is 17.4 Å². The van der Waals surface area contributed by atoms with Crippen molar-refractivity contribution in [3.8, 4) is 5.75 Å². The molecule has 0 fully saturated rings. The van der Waals surface area contributed by atoms with Crippen LogP contribution in [0.25, 0.3) is 11.0 Å². The largest absolute Gasteiger partial charge is 0.466 e. The lowest BCUT2D eigenvalue weighted by molar-refractivity contribution is -0.143. The molecule has 0 aliphatic heterocycles. The summed E-state index contributed by atoms with van der Waals surface area (Å²) in [5.41, 5.74) is 1.30. The maximum Gasteiger partial charge on any atom is 0.336 e. The van der Waals surface area contributed by atoms with Gasteiger partial charge in [0.2, 0.25) is 0 Å². The average molecular weight is 414 g/mol. The van der Waals surface area contributed by atoms with Crippen LogP contribution < -0.4 is 10.4 Å². The van der Waals surface area contributed by atoms with Gasteiger partial charge in [-0.3, -0.25) is 9.59 Å². The summed E-state index contributed by atoms with van der Waals surface area (Å²) >= 11 is 1.47. The number of thiophene rings is 1. The third kappa shape index (κ3) is 5.54. The Hall–Kier alpha value is -2.93. The van der Waals surface area contributed by atoms with Crippen LogP contribution in [0.5, 0.6) is 5.75 Å². The van der Waals surface area contributed by atoms with Gasteiger partial charge in [0.05, 0.1) is 13.0 Å². The van der Waals surface area contributed by atoms with Gasteiger partial charge in [0.25, 0.3) is 0 Å². The third-order valence-corrected chi connectivity index (χ3v) is 5.20. The summed E-state index contributed by atoms with van der Waals surface area (Å²) in [6, 6.07) is 8.48. The molecule has 29 heavy (non-hydrogen) atoms. The molecule has 0 N–H and O–H groups in total. The SMILES string of the molecule is CCCOC(=O)CCc1cc2c(C)cc(=O)oc2cc1OC(=O)Cc1cccs1. The molecule has 3 rings (SSSR count). The lowest BCUT2D eigenvalue weighted by atomic mass is 10.0. The number of benzene rings is 1. The lowest BCUT2D eigenvalue weighted by Crippen LogP contribution is -2.13. The first-order valence-corrected chi connectivity index (χ1v) is 10.3. The van der Waals surface area contributed by atoms with Crippen molar-refractivity contribution >= 4 is 34.2 Å². The number of esters is 2. The smallest absolute Gasteiger partial charge is 0.336 e. The molecule has 6 nitrogen and oxygen atoms in total. The molecule has 0 unspecified atom stereocenters. The molecule has 2 aromatic heterocycles. The molecule has 0 aliphatic rings. The molecule has 0 amide bonds. The molecule has 7 heteroatoms. The number of ether oxygens (including phenoxy) is 2. The molecule has 152 valence electrons. The van der Waals surface area contributed by atoms with Crippen LogP contribution in [0.15, 0.2) is 44.9 Å². The van der Waals surface area contributed by atoms with E-state index in [9.17, 15) is 14.4 Å². The summed E-state index contributed by atoms with van der Waals surface area (Å²) in [5.74, 6) is -0.438. The fourth-order valence-corrected chi connectivity index (χ4v) is 3.61. The lowest BCUT2D eigenvalue weighted by Gasteiger charge is -2.12. The molecule has 0 saturated carbocycles. The Balaban J connectivity index is 1.88. The van der Waals surface area contributed by atoms with Crippen LogP contribution >= 0.6 is 11.3 Å². The highest BCUT2D eigenvalue weighted by Gasteiger charge is 2.16. The molecule has 0 aliphatic carbocycles. The minimum atomic E-state index is -0.471. The minimum absolute atomic E-state index is 0.144. The normalized spacial score (nSPS) is 10.8. The Morgan fingerprint density at radius 2 is 2.00 bits per heavy atom. The van der Waals surface area contributed by atoms with Crippen LogP contribution in [0.1, 0.15) is 35.8 Å². The van der Waals surface area contributed by atoms with E-state index >= 15 is 0 Å². The third-order valence-electron chi connectivity index (χ3n) is 4.32. The van der Waals surface area contributed by atoms with Crippen molar-refractivity contribution in [2.75, 3.05) is 6.61 Å². The van der Waals surface area contributed by atoms with Crippen LogP contribution in [0, 0.1) is 6.92 Å². The minimum Gasteiger partial charge on any atom is -0.466 e. The highest BCUT2D eigenvalue weighted by molar-refractivity contribution is 7.10. The van der Waals surface area contributed by atoms with Gasteiger partial charge < -0.3 is 13.9 Å². The summed E-state index contributed by atoms with van der Waals surface area (Å²) in [6.07, 6.45) is 1.41. The average Bonchev–Trinajstić information content (AvgIpc) is 3.17. The van der Waals surface area contributed by atoms with Gasteiger partial charge in [-0.25, -0.2) is 4.79 Å². The van der Waals surface area contributed by atoms with E-state index in [0.29, 0.717) is 24.2 Å². The summed E-state index contributed by atoms with van der Waals surface area (Å²) in [6.45, 7) is 4.11. The fourth-order valence-electron chi connectivity index (χ4n) is 2.92. The fraction of sp³-hybridized carbons (Fsp3) is 0.318. The Labute approximate surface area is 172 Å². The second-order valence-electron chi connectivity index (χ2n) is 6.66. The van der Waals surface area contributed by atoms with Crippen LogP contribution in [0.4, 0.5) is 0 Å². The van der Waals surface area contributed by atoms with Gasteiger partial charge in [-0.15, -0.1) is 11.3 Å². The number of fused-ring (bicyclic) bond motifs is 1. The highest BCUT2D eigenvalue weighted by Crippen LogP contribution is 2.29. The van der Waals surface area contributed by atoms with Crippen molar-refractivity contribution in [3.05, 3.63) is 62.1 Å². The Kier molecular flexibility index (Phi) is 6.82. The van der Waals surface area contributed by atoms with Gasteiger partial charge in [-0.1, -0.05) is 13.0 Å². The molecule has 0 saturated heterocycles. The van der Waals surface area contributed by atoms with Gasteiger partial charge in [0.15, 0.2) is 0 Å². The van der Waals surface area contributed by atoms with Crippen LogP contribution in [-0.2, 0) is 27.2 Å². The van der Waals surface area contributed by atoms with E-state index in [2.05, 4.69) is 0 Å². The van der Waals surface area contributed by atoms with E-state index in [0.717, 1.165) is 22.2 Å². The summed E-state index contributed by atoms with van der Waals surface area (Å²) in [4.78, 5) is 36.9. The Morgan fingerprint density at radius 3 is 2.72 bits per heavy atom. The molecular formula is C22H22O6S. The molecular weight excluding hydrogens is 392 g/mol. The topological polar surface area (TPSA) is 82.8 Å². The molecule has 0 bridgehead atoms. The standard InChI is InChI=1S/C22H22O6S/c1-3-8-26-20(23)7-6-15-11-17-14(2)10-21(24)28-19(17)13-18(15)27-22(25)12-16-5-4-9-29-16/h4-5,9-11,13H,3,6-8,12H2,1-2H3. The zero-order valence-electron chi connectivity index (χ0n) is 16.4. The van der Waals surface area contributed by atoms with Crippen molar-refractivity contribution in [1.29, 1.82) is 0 Å². The second kappa shape index (κ2) is 9.52. The molecule has 2 heterocycles. The first-order valence-electron chi connectivity index (χ1n) is 9.42. The quantitative estimate of drug-likeness (QED) is 0.312. The van der Waals surface area contributed by atoms with E-state index in [4.69, 9.17) is 13.9 Å². The number of hydrogen-bond donors (Lipinski definition) is 0. The summed E-state index contributed by atoms with van der Waals surface area (Å²) in [7, 11) is 0. The van der Waals surface area contributed by atoms with Gasteiger partial charge in [-0.2, -0.15) is 0 Å². The van der Waals surface area contributed by atoms with Crippen LogP contribution in [0.3, 0.4) is 0 Å². The van der Waals surface area contributed by atoms with Crippen LogP contribution in [0.2, 0.25) is 0 Å². The number of carbonyl (C=O) groups is 2. The van der Waals surface area contributed by atoms with Crippen molar-refractivity contribution in [2.24, 2.45) is 0 Å². The first-order chi connectivity index (χ1) is 14.0. The van der Waals surface area contributed by atoms with E-state index in [1.54, 1.807) is 19.1 Å². The van der Waals surface area contributed by atoms with E-state index in [-0.39, 0.29) is 24.6 Å². The van der Waals surface area contributed by atoms with Gasteiger partial charge in [0, 0.05) is 28.8 Å². The molecule has 0 atom stereocenters. The van der Waals surface area contributed by atoms with Crippen molar-refractivity contribution in [1.82, 2.24) is 0 Å². The maximum atomic E-state index is 12.4. The predicted octanol–water partition coefficient (Wildman–Crippen LogP) is 4.20. The molecule has 3 aromatic rings. The first kappa shape index (κ1) is 20.8. The maximum absolute atomic E-state index is 12.4. The monoisotopic (exact) mass is 414 g/mol. The van der Waals surface area contributed by atoms with Gasteiger partial charge in [-0.05, 0) is 48.4 Å². The Bertz CT molecular complexity index is 1060. The van der Waals surface area contributed by atoms with E-state index < -0.39 is 11.6 Å². The second-order valence-corrected chi connectivity index (χ2v) is 7.69. The number of aryl methyl sites for hydroxylation is 2. The van der Waals surface area contributed by atoms with Gasteiger partial charge >= 0.3 is 17.6 Å². The molecule has 1 aromatic carbocycles. The summed E-state index contributed by atoms with van der Waals surface area (Å²) in [5, 5.41) is 2.63. The highest BCUT2D eigenvalue weighted by atomic mass is 32.1. The number of carbonyl (C=O) groups excluding carboxylic acids is 2. The van der Waals surface area contributed by atoms with Crippen molar-refractivity contribution in [3.63, 3.8) is 0 Å². The van der Waals surface area contributed by atoms with Crippen LogP contribution in [-0.4, -0.2) is 18.5 Å². The Morgan fingerprint density at radius 1 is 1.17 bits per heavy atom. The zero-order chi connectivity index (χ0) is 20.8. The number of rotatable bonds is 8.